The van der Waals surface area contributed by atoms with E-state index in [1.54, 1.807) is 25.5 Å². The van der Waals surface area contributed by atoms with E-state index in [0.29, 0.717) is 15.0 Å². The third-order valence-corrected chi connectivity index (χ3v) is 21.5. The quantitative estimate of drug-likeness (QED) is 0.259. The molecule has 4 aromatic rings. The molecule has 4 bridgehead atoms. The van der Waals surface area contributed by atoms with Crippen LogP contribution < -0.4 is 24.8 Å². The molecule has 4 fully saturated rings. The summed E-state index contributed by atoms with van der Waals surface area (Å²) in [7, 11) is 0. The zero-order chi connectivity index (χ0) is 30.1. The molecule has 6 aliphatic rings. The van der Waals surface area contributed by atoms with Crippen molar-refractivity contribution in [2.75, 3.05) is 0 Å². The van der Waals surface area contributed by atoms with Crippen molar-refractivity contribution >= 4 is 3.21 Å². The number of fused-ring (bicyclic) bond motifs is 3. The molecular formula is C44H44Cl2Zr. The van der Waals surface area contributed by atoms with Crippen molar-refractivity contribution in [3.8, 4) is 11.1 Å². The number of allylic oxidation sites excluding steroid dienone is 4. The first-order valence-corrected chi connectivity index (χ1v) is 21.4. The van der Waals surface area contributed by atoms with Crippen molar-refractivity contribution in [3.05, 3.63) is 152 Å². The zero-order valence-corrected chi connectivity index (χ0v) is 31.5. The van der Waals surface area contributed by atoms with Crippen LogP contribution >= 0.6 is 0 Å². The minimum Gasteiger partial charge on any atom is -1.00 e. The number of benzene rings is 4. The maximum absolute atomic E-state index is 2.76. The van der Waals surface area contributed by atoms with Crippen LogP contribution in [0.15, 0.2) is 130 Å². The predicted octanol–water partition coefficient (Wildman–Crippen LogP) is 5.11. The van der Waals surface area contributed by atoms with Gasteiger partial charge in [0.1, 0.15) is 0 Å². The first-order valence-electron chi connectivity index (χ1n) is 17.5. The Morgan fingerprint density at radius 3 is 1.57 bits per heavy atom. The maximum Gasteiger partial charge on any atom is -1.00 e. The Bertz CT molecular complexity index is 1760. The van der Waals surface area contributed by atoms with Gasteiger partial charge in [0.15, 0.2) is 0 Å². The van der Waals surface area contributed by atoms with Crippen molar-refractivity contribution < 1.29 is 46.1 Å². The van der Waals surface area contributed by atoms with E-state index in [2.05, 4.69) is 129 Å². The van der Waals surface area contributed by atoms with Crippen LogP contribution in [0, 0.1) is 29.1 Å². The molecule has 0 N–H and O–H groups in total. The van der Waals surface area contributed by atoms with Gasteiger partial charge in [0, 0.05) is 0 Å². The van der Waals surface area contributed by atoms with Crippen molar-refractivity contribution in [2.45, 2.75) is 62.4 Å². The van der Waals surface area contributed by atoms with E-state index in [9.17, 15) is 0 Å². The Kier molecular flexibility index (Phi) is 9.32. The molecular weight excluding hydrogens is 691 g/mol. The van der Waals surface area contributed by atoms with Crippen LogP contribution in [0.5, 0.6) is 0 Å². The van der Waals surface area contributed by atoms with E-state index < -0.39 is 21.3 Å². The molecule has 4 aromatic carbocycles. The molecule has 0 spiro atoms. The predicted molar refractivity (Wildman–Crippen MR) is 185 cm³/mol. The molecule has 238 valence electrons. The molecule has 0 aromatic heterocycles. The molecule has 0 aliphatic heterocycles. The number of hydrogen-bond acceptors (Lipinski definition) is 0. The van der Waals surface area contributed by atoms with E-state index in [1.165, 1.54) is 67.2 Å². The average Bonchev–Trinajstić information content (AvgIpc) is 3.52. The number of rotatable bonds is 6. The minimum absolute atomic E-state index is 0. The zero-order valence-electron chi connectivity index (χ0n) is 27.6. The minimum atomic E-state index is -2.76. The second-order valence-electron chi connectivity index (χ2n) is 15.2. The van der Waals surface area contributed by atoms with Crippen LogP contribution in [-0.2, 0) is 21.3 Å². The summed E-state index contributed by atoms with van der Waals surface area (Å²) in [6.45, 7) is 5.10. The van der Waals surface area contributed by atoms with Gasteiger partial charge in [-0.15, -0.1) is 0 Å². The van der Waals surface area contributed by atoms with E-state index >= 15 is 0 Å². The van der Waals surface area contributed by atoms with Gasteiger partial charge in [-0.25, -0.2) is 0 Å². The molecule has 47 heavy (non-hydrogen) atoms. The van der Waals surface area contributed by atoms with Crippen molar-refractivity contribution in [1.82, 2.24) is 0 Å². The molecule has 0 radical (unpaired) electrons. The van der Waals surface area contributed by atoms with Crippen LogP contribution in [0.4, 0.5) is 0 Å². The first-order chi connectivity index (χ1) is 22.1. The number of halogens is 2. The van der Waals surface area contributed by atoms with E-state index in [1.807, 2.05) is 3.28 Å². The molecule has 4 saturated carbocycles. The fraction of sp³-hybridized carbons (Fsp3) is 0.341. The topological polar surface area (TPSA) is 0 Å². The summed E-state index contributed by atoms with van der Waals surface area (Å²) in [6, 6.07) is 41.8. The van der Waals surface area contributed by atoms with Gasteiger partial charge in [-0.1, -0.05) is 0 Å². The van der Waals surface area contributed by atoms with Gasteiger partial charge in [-0.05, 0) is 0 Å². The summed E-state index contributed by atoms with van der Waals surface area (Å²) in [5.41, 5.74) is 12.9. The summed E-state index contributed by atoms with van der Waals surface area (Å²) >= 11 is -2.76. The SMILES string of the molecule is CC1=[C]([Zr+2](=[C](c2ccccc2)c2ccccc2)[CH]2c3ccccc3-c3ccccc32)C(C)C=C1CC12CC3CC(CC(C3)C1)C2.[Cl-].[Cl-]. The molecule has 3 heteroatoms. The van der Waals surface area contributed by atoms with Gasteiger partial charge in [0.05, 0.1) is 0 Å². The Balaban J connectivity index is 0.00000176. The summed E-state index contributed by atoms with van der Waals surface area (Å²) in [5, 5.41) is 0. The van der Waals surface area contributed by atoms with E-state index in [0.717, 1.165) is 17.8 Å². The maximum atomic E-state index is 2.75. The standard InChI is InChI=1S/C18H25.C13H9.C13H10.2ClH.Zr/c1-12-3-13(2)17(4-12)11-18-8-14-5-15(9-18)7-16(6-14)10-18;1-3-7-12-10(5-1)9-11-6-2-4-8-13(11)12;1-3-7-12(8-4-1)11-13-9-5-2-6-10-13;;;/h4,12,14-16H,5-11H2,1-2H3;1-9H;1-10H;2*1H;/q;;;;;+2/p-2. The van der Waals surface area contributed by atoms with Crippen LogP contribution in [0.2, 0.25) is 0 Å². The summed E-state index contributed by atoms with van der Waals surface area (Å²) in [4.78, 5) is 0. The Hall–Kier alpha value is -2.31. The first kappa shape index (κ1) is 33.2. The Morgan fingerprint density at radius 2 is 1.09 bits per heavy atom. The summed E-state index contributed by atoms with van der Waals surface area (Å²) in [6.07, 6.45) is 13.1. The largest absolute Gasteiger partial charge is 1.00 e. The van der Waals surface area contributed by atoms with Gasteiger partial charge >= 0.3 is 279 Å². The third-order valence-electron chi connectivity index (χ3n) is 12.3. The molecule has 1 unspecified atom stereocenters. The van der Waals surface area contributed by atoms with Crippen molar-refractivity contribution in [2.24, 2.45) is 29.1 Å². The third kappa shape index (κ3) is 5.67. The fourth-order valence-electron chi connectivity index (χ4n) is 11.2. The van der Waals surface area contributed by atoms with Crippen molar-refractivity contribution in [3.63, 3.8) is 0 Å². The monoisotopic (exact) mass is 732 g/mol. The molecule has 1 atom stereocenters. The van der Waals surface area contributed by atoms with Gasteiger partial charge in [-0.2, -0.15) is 0 Å². The number of hydrogen-bond donors (Lipinski definition) is 0. The molecule has 6 aliphatic carbocycles. The van der Waals surface area contributed by atoms with Crippen LogP contribution in [0.3, 0.4) is 0 Å². The molecule has 10 rings (SSSR count). The van der Waals surface area contributed by atoms with Gasteiger partial charge < -0.3 is 24.8 Å². The van der Waals surface area contributed by atoms with Gasteiger partial charge in [0.25, 0.3) is 0 Å². The molecule has 0 saturated heterocycles. The molecule has 0 nitrogen and oxygen atoms in total. The van der Waals surface area contributed by atoms with Crippen LogP contribution in [0.1, 0.15) is 84.7 Å². The molecule has 0 heterocycles. The summed E-state index contributed by atoms with van der Waals surface area (Å²) < 4.78 is 3.98. The van der Waals surface area contributed by atoms with E-state index in [4.69, 9.17) is 0 Å². The van der Waals surface area contributed by atoms with Gasteiger partial charge in [0.2, 0.25) is 0 Å². The molecule has 0 amide bonds. The Morgan fingerprint density at radius 1 is 0.638 bits per heavy atom. The average molecular weight is 735 g/mol. The van der Waals surface area contributed by atoms with Crippen molar-refractivity contribution in [1.29, 1.82) is 0 Å². The van der Waals surface area contributed by atoms with E-state index in [-0.39, 0.29) is 24.8 Å². The fourth-order valence-corrected chi connectivity index (χ4v) is 21.2. The van der Waals surface area contributed by atoms with Gasteiger partial charge in [-0.3, -0.25) is 0 Å². The second kappa shape index (κ2) is 13.2. The normalized spacial score (nSPS) is 26.4. The second-order valence-corrected chi connectivity index (χ2v) is 21.2. The summed E-state index contributed by atoms with van der Waals surface area (Å²) in [5.74, 6) is 3.53. The Labute approximate surface area is 301 Å². The van der Waals surface area contributed by atoms with Crippen LogP contribution in [0.25, 0.3) is 11.1 Å². The van der Waals surface area contributed by atoms with Crippen LogP contribution in [-0.4, -0.2) is 3.21 Å². The smallest absolute Gasteiger partial charge is 1.00 e.